The SMILES string of the molecule is COc1cc(CNC(=O)c2cc(C(C)O)nc(C)n2)ccc1F.COc1cc(CNC(=O)c2cc(C=O)nc(C)n2)ccc1F. The van der Waals surface area contributed by atoms with Gasteiger partial charge in [-0.25, -0.2) is 28.7 Å². The minimum absolute atomic E-state index is 0.101. The normalized spacial score (nSPS) is 11.0. The number of carbonyl (C=O) groups excluding carboxylic acids is 3. The fraction of sp³-hybridized carbons (Fsp3) is 0.258. The summed E-state index contributed by atoms with van der Waals surface area (Å²) < 4.78 is 36.4. The number of halogens is 2. The van der Waals surface area contributed by atoms with Crippen LogP contribution in [0, 0.1) is 25.5 Å². The average molecular weight is 623 g/mol. The van der Waals surface area contributed by atoms with E-state index in [1.807, 2.05) is 0 Å². The van der Waals surface area contributed by atoms with Crippen molar-refractivity contribution in [1.29, 1.82) is 0 Å². The summed E-state index contributed by atoms with van der Waals surface area (Å²) in [6.07, 6.45) is -0.236. The minimum atomic E-state index is -0.787. The van der Waals surface area contributed by atoms with Crippen molar-refractivity contribution in [2.45, 2.75) is 40.0 Å². The minimum Gasteiger partial charge on any atom is -0.494 e. The number of aliphatic hydroxyl groups excluding tert-OH is 1. The summed E-state index contributed by atoms with van der Waals surface area (Å²) in [7, 11) is 2.74. The molecule has 0 spiro atoms. The van der Waals surface area contributed by atoms with Gasteiger partial charge >= 0.3 is 0 Å². The highest BCUT2D eigenvalue weighted by Gasteiger charge is 2.14. The number of rotatable bonds is 10. The summed E-state index contributed by atoms with van der Waals surface area (Å²) in [6, 6.07) is 11.4. The number of aliphatic hydroxyl groups is 1. The first-order valence-corrected chi connectivity index (χ1v) is 13.5. The molecule has 2 heterocycles. The van der Waals surface area contributed by atoms with Crippen molar-refractivity contribution in [2.24, 2.45) is 0 Å². The Bertz CT molecular complexity index is 1680. The highest BCUT2D eigenvalue weighted by molar-refractivity contribution is 5.93. The molecule has 0 saturated heterocycles. The van der Waals surface area contributed by atoms with Crippen LogP contribution >= 0.6 is 0 Å². The van der Waals surface area contributed by atoms with Gasteiger partial charge in [-0.05, 0) is 68.3 Å². The highest BCUT2D eigenvalue weighted by Crippen LogP contribution is 2.19. The van der Waals surface area contributed by atoms with Crippen LogP contribution in [0.1, 0.15) is 73.0 Å². The monoisotopic (exact) mass is 622 g/mol. The van der Waals surface area contributed by atoms with E-state index in [1.165, 1.54) is 50.6 Å². The van der Waals surface area contributed by atoms with E-state index < -0.39 is 29.6 Å². The predicted molar refractivity (Wildman–Crippen MR) is 158 cm³/mol. The Morgan fingerprint density at radius 2 is 1.27 bits per heavy atom. The molecule has 4 rings (SSSR count). The molecule has 3 N–H and O–H groups in total. The van der Waals surface area contributed by atoms with Gasteiger partial charge in [0.05, 0.1) is 26.0 Å². The van der Waals surface area contributed by atoms with E-state index in [-0.39, 0.29) is 41.7 Å². The summed E-state index contributed by atoms with van der Waals surface area (Å²) in [5.74, 6) is -0.832. The van der Waals surface area contributed by atoms with Crippen molar-refractivity contribution in [3.8, 4) is 11.5 Å². The molecule has 0 aliphatic rings. The molecule has 0 aliphatic heterocycles. The second-order valence-electron chi connectivity index (χ2n) is 9.55. The lowest BCUT2D eigenvalue weighted by molar-refractivity contribution is 0.0937. The summed E-state index contributed by atoms with van der Waals surface area (Å²) in [4.78, 5) is 50.9. The number of aromatic nitrogens is 4. The number of hydrogen-bond donors (Lipinski definition) is 3. The number of nitrogens with one attached hydrogen (secondary N) is 2. The molecule has 4 aromatic rings. The van der Waals surface area contributed by atoms with Gasteiger partial charge in [0.2, 0.25) is 0 Å². The van der Waals surface area contributed by atoms with E-state index in [2.05, 4.69) is 30.6 Å². The van der Waals surface area contributed by atoms with Crippen molar-refractivity contribution < 1.29 is 37.7 Å². The third-order valence-corrected chi connectivity index (χ3v) is 6.07. The Kier molecular flexibility index (Phi) is 12.1. The second-order valence-corrected chi connectivity index (χ2v) is 9.55. The maximum atomic E-state index is 13.3. The van der Waals surface area contributed by atoms with Crippen LogP contribution < -0.4 is 20.1 Å². The lowest BCUT2D eigenvalue weighted by atomic mass is 10.2. The van der Waals surface area contributed by atoms with Gasteiger partial charge in [0.1, 0.15) is 28.7 Å². The van der Waals surface area contributed by atoms with Crippen LogP contribution in [0.25, 0.3) is 0 Å². The molecule has 12 nitrogen and oxygen atoms in total. The Balaban J connectivity index is 0.000000246. The molecule has 14 heteroatoms. The average Bonchev–Trinajstić information content (AvgIpc) is 3.03. The molecule has 45 heavy (non-hydrogen) atoms. The van der Waals surface area contributed by atoms with E-state index >= 15 is 0 Å². The van der Waals surface area contributed by atoms with Crippen molar-refractivity contribution in [1.82, 2.24) is 30.6 Å². The van der Waals surface area contributed by atoms with Crippen molar-refractivity contribution in [2.75, 3.05) is 14.2 Å². The summed E-state index contributed by atoms with van der Waals surface area (Å²) in [6.45, 7) is 5.17. The first kappa shape index (κ1) is 34.1. The lowest BCUT2D eigenvalue weighted by Gasteiger charge is -2.09. The van der Waals surface area contributed by atoms with E-state index in [9.17, 15) is 28.3 Å². The number of aldehydes is 1. The van der Waals surface area contributed by atoms with Crippen LogP contribution in [0.15, 0.2) is 48.5 Å². The predicted octanol–water partition coefficient (Wildman–Crippen LogP) is 3.59. The molecule has 2 aromatic heterocycles. The Morgan fingerprint density at radius 1 is 0.800 bits per heavy atom. The van der Waals surface area contributed by atoms with Crippen LogP contribution in [0.2, 0.25) is 0 Å². The van der Waals surface area contributed by atoms with Crippen LogP contribution in [0.5, 0.6) is 11.5 Å². The maximum absolute atomic E-state index is 13.3. The molecule has 0 bridgehead atoms. The van der Waals surface area contributed by atoms with Gasteiger partial charge in [-0.1, -0.05) is 12.1 Å². The van der Waals surface area contributed by atoms with Gasteiger partial charge in [0.25, 0.3) is 11.8 Å². The molecule has 1 atom stereocenters. The first-order chi connectivity index (χ1) is 21.4. The highest BCUT2D eigenvalue weighted by atomic mass is 19.1. The summed E-state index contributed by atoms with van der Waals surface area (Å²) in [5.41, 5.74) is 2.16. The van der Waals surface area contributed by atoms with Gasteiger partial charge in [-0.15, -0.1) is 0 Å². The van der Waals surface area contributed by atoms with Gasteiger partial charge in [0.15, 0.2) is 29.4 Å². The number of benzene rings is 2. The zero-order valence-corrected chi connectivity index (χ0v) is 25.2. The Morgan fingerprint density at radius 3 is 1.71 bits per heavy atom. The maximum Gasteiger partial charge on any atom is 0.270 e. The number of amides is 2. The number of aryl methyl sites for hydroxylation is 2. The number of carbonyl (C=O) groups is 3. The molecule has 0 fully saturated rings. The topological polar surface area (TPSA) is 166 Å². The van der Waals surface area contributed by atoms with E-state index in [4.69, 9.17) is 9.47 Å². The van der Waals surface area contributed by atoms with E-state index in [1.54, 1.807) is 32.9 Å². The number of hydrogen-bond acceptors (Lipinski definition) is 10. The van der Waals surface area contributed by atoms with E-state index in [0.717, 1.165) is 0 Å². The molecule has 1 unspecified atom stereocenters. The standard InChI is InChI=1S/C16H18FN3O3.C15H14FN3O3/c1-9(21)13-7-14(20-10(2)19-13)16(22)18-8-11-4-5-12(17)15(6-11)23-3;1-9-18-11(8-20)6-13(19-9)15(21)17-7-10-3-4-12(16)14(5-10)22-2/h4-7,9,21H,8H2,1-3H3,(H,18,22);3-6,8H,7H2,1-2H3,(H,17,21). The largest absolute Gasteiger partial charge is 0.494 e. The summed E-state index contributed by atoms with van der Waals surface area (Å²) in [5, 5.41) is 14.9. The second kappa shape index (κ2) is 15.9. The zero-order valence-electron chi connectivity index (χ0n) is 25.2. The smallest absolute Gasteiger partial charge is 0.270 e. The molecular formula is C31H32F2N6O6. The Hall–Kier alpha value is -5.37. The molecule has 0 radical (unpaired) electrons. The third-order valence-electron chi connectivity index (χ3n) is 6.07. The van der Waals surface area contributed by atoms with Crippen molar-refractivity contribution >= 4 is 18.1 Å². The van der Waals surface area contributed by atoms with E-state index in [0.29, 0.717) is 34.8 Å². The number of methoxy groups -OCH3 is 2. The summed E-state index contributed by atoms with van der Waals surface area (Å²) >= 11 is 0. The zero-order chi connectivity index (χ0) is 33.1. The molecule has 2 amide bonds. The van der Waals surface area contributed by atoms with Gasteiger partial charge in [0, 0.05) is 13.1 Å². The molecule has 236 valence electrons. The van der Waals surface area contributed by atoms with Gasteiger partial charge in [-0.3, -0.25) is 14.4 Å². The van der Waals surface area contributed by atoms with Gasteiger partial charge < -0.3 is 25.2 Å². The van der Waals surface area contributed by atoms with Crippen LogP contribution in [-0.2, 0) is 13.1 Å². The van der Waals surface area contributed by atoms with Crippen LogP contribution in [0.3, 0.4) is 0 Å². The van der Waals surface area contributed by atoms with Crippen LogP contribution in [0.4, 0.5) is 8.78 Å². The lowest BCUT2D eigenvalue weighted by Crippen LogP contribution is -2.24. The number of nitrogens with zero attached hydrogens (tertiary/aromatic N) is 4. The molecule has 0 aliphatic carbocycles. The third kappa shape index (κ3) is 9.83. The first-order valence-electron chi connectivity index (χ1n) is 13.5. The van der Waals surface area contributed by atoms with Gasteiger partial charge in [-0.2, -0.15) is 0 Å². The Labute approximate surface area is 257 Å². The quantitative estimate of drug-likeness (QED) is 0.223. The van der Waals surface area contributed by atoms with Crippen molar-refractivity contribution in [3.63, 3.8) is 0 Å². The molecule has 0 saturated carbocycles. The molecule has 2 aromatic carbocycles. The van der Waals surface area contributed by atoms with Crippen LogP contribution in [-0.4, -0.2) is 57.4 Å². The fourth-order valence-electron chi connectivity index (χ4n) is 3.86. The number of ether oxygens (including phenoxy) is 2. The van der Waals surface area contributed by atoms with Crippen molar-refractivity contribution in [3.05, 3.63) is 106 Å². The fourth-order valence-corrected chi connectivity index (χ4v) is 3.86. The molecular weight excluding hydrogens is 590 g/mol.